The largest absolute Gasteiger partial charge is 0.623 e. The second kappa shape index (κ2) is 8.81. The molecule has 142 valence electrons. The average Bonchev–Trinajstić information content (AvgIpc) is 2.71. The van der Waals surface area contributed by atoms with Gasteiger partial charge in [-0.15, -0.1) is 0 Å². The topological polar surface area (TPSA) is 81.2 Å². The lowest BCUT2D eigenvalue weighted by atomic mass is 10.1. The molecule has 0 aliphatic carbocycles. The van der Waals surface area contributed by atoms with Crippen LogP contribution in [0.15, 0.2) is 78.9 Å². The molecule has 6 nitrogen and oxygen atoms in total. The Balaban J connectivity index is 1.83. The van der Waals surface area contributed by atoms with Crippen LogP contribution in [-0.4, -0.2) is 22.4 Å². The van der Waals surface area contributed by atoms with E-state index in [2.05, 4.69) is 5.32 Å². The lowest BCUT2D eigenvalue weighted by Gasteiger charge is -2.19. The summed E-state index contributed by atoms with van der Waals surface area (Å²) >= 11 is 0. The Hall–Kier alpha value is -3.67. The summed E-state index contributed by atoms with van der Waals surface area (Å²) in [6, 6.07) is 23.0. The van der Waals surface area contributed by atoms with Gasteiger partial charge < -0.3 is 10.5 Å². The second-order valence-electron chi connectivity index (χ2n) is 6.51. The molecule has 0 radical (unpaired) electrons. The number of hydroxylamine groups is 1. The van der Waals surface area contributed by atoms with E-state index in [-0.39, 0.29) is 5.69 Å². The predicted molar refractivity (Wildman–Crippen MR) is 111 cm³/mol. The van der Waals surface area contributed by atoms with Gasteiger partial charge in [0.05, 0.1) is 11.5 Å². The highest BCUT2D eigenvalue weighted by Gasteiger charge is 2.19. The van der Waals surface area contributed by atoms with E-state index in [9.17, 15) is 15.3 Å². The van der Waals surface area contributed by atoms with Gasteiger partial charge in [0, 0.05) is 28.9 Å². The van der Waals surface area contributed by atoms with Gasteiger partial charge in [0.25, 0.3) is 5.69 Å². The van der Waals surface area contributed by atoms with E-state index < -0.39 is 11.0 Å². The zero-order valence-corrected chi connectivity index (χ0v) is 15.5. The van der Waals surface area contributed by atoms with Crippen molar-refractivity contribution >= 4 is 17.6 Å². The summed E-state index contributed by atoms with van der Waals surface area (Å²) in [5, 5.41) is 27.0. The van der Waals surface area contributed by atoms with Gasteiger partial charge in [-0.25, -0.2) is 4.74 Å². The number of benzene rings is 3. The van der Waals surface area contributed by atoms with Crippen molar-refractivity contribution in [3.05, 3.63) is 111 Å². The molecule has 0 bridgehead atoms. The number of hydrogen-bond acceptors (Lipinski definition) is 4. The molecule has 1 N–H and O–H groups in total. The standard InChI is InChI=1S/C22H21N3O3/c1-17-7-11-20(12-8-17)23-15-22(19-5-3-2-4-6-19)24(26)16-18-9-13-21(14-10-18)25(27)28/h2-14,16,22-23H,15H2,1H3/b24-16-. The van der Waals surface area contributed by atoms with Crippen LogP contribution < -0.4 is 5.32 Å². The molecule has 0 saturated carbocycles. The van der Waals surface area contributed by atoms with Crippen LogP contribution in [0.3, 0.4) is 0 Å². The van der Waals surface area contributed by atoms with Crippen molar-refractivity contribution in [2.75, 3.05) is 11.9 Å². The first-order valence-corrected chi connectivity index (χ1v) is 8.93. The molecular weight excluding hydrogens is 354 g/mol. The van der Waals surface area contributed by atoms with Gasteiger partial charge in [-0.1, -0.05) is 48.0 Å². The molecule has 1 unspecified atom stereocenters. The monoisotopic (exact) mass is 375 g/mol. The van der Waals surface area contributed by atoms with Crippen molar-refractivity contribution in [1.29, 1.82) is 0 Å². The molecule has 0 heterocycles. The molecule has 3 aromatic rings. The van der Waals surface area contributed by atoms with Gasteiger partial charge >= 0.3 is 0 Å². The first-order chi connectivity index (χ1) is 13.5. The van der Waals surface area contributed by atoms with Gasteiger partial charge in [-0.2, -0.15) is 0 Å². The number of nitrogens with one attached hydrogen (secondary N) is 1. The van der Waals surface area contributed by atoms with E-state index in [0.29, 0.717) is 12.1 Å². The highest BCUT2D eigenvalue weighted by molar-refractivity contribution is 5.76. The van der Waals surface area contributed by atoms with E-state index >= 15 is 0 Å². The van der Waals surface area contributed by atoms with Crippen molar-refractivity contribution in [2.24, 2.45) is 0 Å². The van der Waals surface area contributed by atoms with Gasteiger partial charge in [0.1, 0.15) is 0 Å². The van der Waals surface area contributed by atoms with E-state index in [1.807, 2.05) is 61.5 Å². The normalized spacial score (nSPS) is 12.4. The Morgan fingerprint density at radius 3 is 2.18 bits per heavy atom. The molecule has 0 aliphatic rings. The maximum Gasteiger partial charge on any atom is 0.269 e. The van der Waals surface area contributed by atoms with Crippen molar-refractivity contribution in [3.63, 3.8) is 0 Å². The number of nitro benzene ring substituents is 1. The van der Waals surface area contributed by atoms with Crippen LogP contribution in [0, 0.1) is 22.2 Å². The van der Waals surface area contributed by atoms with Crippen LogP contribution in [0.25, 0.3) is 0 Å². The molecule has 0 saturated heterocycles. The fraction of sp³-hybridized carbons (Fsp3) is 0.136. The summed E-state index contributed by atoms with van der Waals surface area (Å²) in [5.74, 6) is 0. The van der Waals surface area contributed by atoms with Crippen molar-refractivity contribution in [1.82, 2.24) is 0 Å². The number of anilines is 1. The fourth-order valence-corrected chi connectivity index (χ4v) is 2.83. The number of hydrogen-bond donors (Lipinski definition) is 1. The highest BCUT2D eigenvalue weighted by atomic mass is 16.6. The Labute approximate surface area is 163 Å². The molecule has 0 aliphatic heterocycles. The van der Waals surface area contributed by atoms with Crippen LogP contribution in [-0.2, 0) is 0 Å². The van der Waals surface area contributed by atoms with Crippen LogP contribution in [0.4, 0.5) is 11.4 Å². The predicted octanol–water partition coefficient (Wildman–Crippen LogP) is 4.69. The minimum Gasteiger partial charge on any atom is -0.623 e. The Kier molecular flexibility index (Phi) is 6.01. The minimum absolute atomic E-state index is 0.00440. The molecule has 1 atom stereocenters. The van der Waals surface area contributed by atoms with Gasteiger partial charge in [0.2, 0.25) is 6.04 Å². The second-order valence-corrected chi connectivity index (χ2v) is 6.51. The lowest BCUT2D eigenvalue weighted by Crippen LogP contribution is -2.23. The molecule has 0 aromatic heterocycles. The van der Waals surface area contributed by atoms with Crippen molar-refractivity contribution in [3.8, 4) is 0 Å². The zero-order chi connectivity index (χ0) is 19.9. The third-order valence-electron chi connectivity index (χ3n) is 4.42. The number of nitro groups is 1. The fourth-order valence-electron chi connectivity index (χ4n) is 2.83. The van der Waals surface area contributed by atoms with Crippen molar-refractivity contribution < 1.29 is 9.66 Å². The van der Waals surface area contributed by atoms with Crippen LogP contribution in [0.1, 0.15) is 22.7 Å². The average molecular weight is 375 g/mol. The molecule has 0 fully saturated rings. The number of rotatable bonds is 7. The molecule has 0 amide bonds. The number of aryl methyl sites for hydroxylation is 1. The van der Waals surface area contributed by atoms with Crippen molar-refractivity contribution in [2.45, 2.75) is 13.0 Å². The first-order valence-electron chi connectivity index (χ1n) is 8.93. The summed E-state index contributed by atoms with van der Waals surface area (Å²) < 4.78 is 0.887. The summed E-state index contributed by atoms with van der Waals surface area (Å²) in [6.45, 7) is 2.44. The third-order valence-corrected chi connectivity index (χ3v) is 4.42. The Bertz CT molecular complexity index is 953. The van der Waals surface area contributed by atoms with Crippen LogP contribution >= 0.6 is 0 Å². The lowest BCUT2D eigenvalue weighted by molar-refractivity contribution is -0.499. The van der Waals surface area contributed by atoms with Gasteiger partial charge in [-0.05, 0) is 31.2 Å². The van der Waals surface area contributed by atoms with Gasteiger partial charge in [-0.3, -0.25) is 10.1 Å². The SMILES string of the molecule is Cc1ccc(NCC(c2ccccc2)/[N+]([O-])=C/c2ccc([N+](=O)[O-])cc2)cc1. The number of nitrogens with zero attached hydrogens (tertiary/aromatic N) is 2. The maximum absolute atomic E-state index is 12.9. The molecular formula is C22H21N3O3. The van der Waals surface area contributed by atoms with Gasteiger partial charge in [0.15, 0.2) is 6.21 Å². The minimum atomic E-state index is -0.461. The quantitative estimate of drug-likeness (QED) is 0.214. The summed E-state index contributed by atoms with van der Waals surface area (Å²) in [4.78, 5) is 10.3. The zero-order valence-electron chi connectivity index (χ0n) is 15.5. The van der Waals surface area contributed by atoms with E-state index in [0.717, 1.165) is 16.0 Å². The summed E-state index contributed by atoms with van der Waals surface area (Å²) in [7, 11) is 0. The Morgan fingerprint density at radius 2 is 1.57 bits per heavy atom. The maximum atomic E-state index is 12.9. The van der Waals surface area contributed by atoms with E-state index in [4.69, 9.17) is 0 Å². The first kappa shape index (κ1) is 19.1. The van der Waals surface area contributed by atoms with Crippen LogP contribution in [0.2, 0.25) is 0 Å². The highest BCUT2D eigenvalue weighted by Crippen LogP contribution is 2.19. The summed E-state index contributed by atoms with van der Waals surface area (Å²) in [5.41, 5.74) is 3.60. The summed E-state index contributed by atoms with van der Waals surface area (Å²) in [6.07, 6.45) is 1.46. The van der Waals surface area contributed by atoms with E-state index in [1.54, 1.807) is 12.1 Å². The third kappa shape index (κ3) is 4.94. The molecule has 3 aromatic carbocycles. The number of non-ortho nitro benzene ring substituents is 1. The van der Waals surface area contributed by atoms with E-state index in [1.165, 1.54) is 23.9 Å². The molecule has 0 spiro atoms. The molecule has 3 rings (SSSR count). The van der Waals surface area contributed by atoms with Crippen LogP contribution in [0.5, 0.6) is 0 Å². The molecule has 6 heteroatoms. The molecule has 28 heavy (non-hydrogen) atoms. The Morgan fingerprint density at radius 1 is 0.929 bits per heavy atom. The smallest absolute Gasteiger partial charge is 0.269 e.